The first-order valence-corrected chi connectivity index (χ1v) is 11.2. The highest BCUT2D eigenvalue weighted by Crippen LogP contribution is 2.26. The molecule has 2 aromatic heterocycles. The molecule has 2 aromatic carbocycles. The zero-order chi connectivity index (χ0) is 22.9. The number of aromatic nitrogens is 4. The highest BCUT2D eigenvalue weighted by molar-refractivity contribution is 6.05. The van der Waals surface area contributed by atoms with Crippen LogP contribution >= 0.6 is 0 Å². The van der Waals surface area contributed by atoms with Crippen LogP contribution in [0.2, 0.25) is 0 Å². The predicted molar refractivity (Wildman–Crippen MR) is 122 cm³/mol. The molecule has 6 nitrogen and oxygen atoms in total. The first kappa shape index (κ1) is 21.3. The van der Waals surface area contributed by atoms with Gasteiger partial charge in [-0.25, -0.2) is 8.78 Å². The van der Waals surface area contributed by atoms with E-state index in [0.717, 1.165) is 31.2 Å². The van der Waals surface area contributed by atoms with Gasteiger partial charge in [-0.1, -0.05) is 37.5 Å². The van der Waals surface area contributed by atoms with Crippen molar-refractivity contribution in [3.63, 3.8) is 0 Å². The molecule has 0 unspecified atom stereocenters. The summed E-state index contributed by atoms with van der Waals surface area (Å²) >= 11 is 0. The molecule has 170 valence electrons. The molecule has 0 radical (unpaired) electrons. The van der Waals surface area contributed by atoms with Gasteiger partial charge in [0, 0.05) is 30.4 Å². The van der Waals surface area contributed by atoms with E-state index < -0.39 is 11.6 Å². The van der Waals surface area contributed by atoms with Crippen molar-refractivity contribution in [2.24, 2.45) is 7.05 Å². The Hall–Kier alpha value is -3.55. The molecule has 4 aromatic rings. The van der Waals surface area contributed by atoms with Gasteiger partial charge in [0.05, 0.1) is 23.6 Å². The molecular formula is C25H25F2N5O. The van der Waals surface area contributed by atoms with Crippen LogP contribution in [0.5, 0.6) is 0 Å². The molecule has 1 amide bonds. The number of hydrogen-bond donors (Lipinski definition) is 1. The molecule has 1 aliphatic carbocycles. The van der Waals surface area contributed by atoms with Crippen LogP contribution in [-0.4, -0.2) is 31.5 Å². The van der Waals surface area contributed by atoms with Gasteiger partial charge in [0.2, 0.25) is 0 Å². The lowest BCUT2D eigenvalue weighted by Gasteiger charge is -2.22. The Balaban J connectivity index is 1.46. The SMILES string of the molecule is Cn1cc(-c2ccc(Cn3nc(C(=O)NC4CCCCC4)c4c(F)cccc43)c(F)c2)cn1. The van der Waals surface area contributed by atoms with Gasteiger partial charge in [-0.3, -0.25) is 14.2 Å². The second-order valence-corrected chi connectivity index (χ2v) is 8.66. The maximum Gasteiger partial charge on any atom is 0.272 e. The van der Waals surface area contributed by atoms with Crippen LogP contribution in [0.25, 0.3) is 22.0 Å². The van der Waals surface area contributed by atoms with Crippen molar-refractivity contribution >= 4 is 16.8 Å². The van der Waals surface area contributed by atoms with Crippen molar-refractivity contribution in [3.8, 4) is 11.1 Å². The third-order valence-corrected chi connectivity index (χ3v) is 6.29. The Morgan fingerprint density at radius 2 is 1.91 bits per heavy atom. The van der Waals surface area contributed by atoms with E-state index in [1.165, 1.54) is 23.2 Å². The van der Waals surface area contributed by atoms with E-state index in [2.05, 4.69) is 15.5 Å². The lowest BCUT2D eigenvalue weighted by atomic mass is 9.95. The Kier molecular flexibility index (Phi) is 5.66. The fourth-order valence-electron chi connectivity index (χ4n) is 4.55. The Morgan fingerprint density at radius 1 is 1.09 bits per heavy atom. The average molecular weight is 450 g/mol. The van der Waals surface area contributed by atoms with E-state index in [0.29, 0.717) is 16.6 Å². The van der Waals surface area contributed by atoms with Crippen molar-refractivity contribution in [2.75, 3.05) is 0 Å². The van der Waals surface area contributed by atoms with E-state index in [1.54, 1.807) is 36.1 Å². The summed E-state index contributed by atoms with van der Waals surface area (Å²) in [5.74, 6) is -1.30. The monoisotopic (exact) mass is 449 g/mol. The van der Waals surface area contributed by atoms with Gasteiger partial charge in [-0.2, -0.15) is 10.2 Å². The minimum Gasteiger partial charge on any atom is -0.348 e. The molecule has 33 heavy (non-hydrogen) atoms. The number of benzene rings is 2. The first-order valence-electron chi connectivity index (χ1n) is 11.2. The molecule has 0 bridgehead atoms. The van der Waals surface area contributed by atoms with Gasteiger partial charge >= 0.3 is 0 Å². The summed E-state index contributed by atoms with van der Waals surface area (Å²) in [4.78, 5) is 13.0. The number of aryl methyl sites for hydroxylation is 1. The molecule has 1 aliphatic rings. The largest absolute Gasteiger partial charge is 0.348 e. The number of amides is 1. The average Bonchev–Trinajstić information content (AvgIpc) is 3.41. The maximum atomic E-state index is 15.0. The Bertz CT molecular complexity index is 1320. The number of rotatable bonds is 5. The predicted octanol–water partition coefficient (Wildman–Crippen LogP) is 4.83. The highest BCUT2D eigenvalue weighted by Gasteiger charge is 2.24. The summed E-state index contributed by atoms with van der Waals surface area (Å²) in [6.07, 6.45) is 8.64. The fraction of sp³-hybridized carbons (Fsp3) is 0.320. The molecule has 0 spiro atoms. The van der Waals surface area contributed by atoms with Crippen LogP contribution in [-0.2, 0) is 13.6 Å². The van der Waals surface area contributed by atoms with Crippen molar-refractivity contribution in [2.45, 2.75) is 44.7 Å². The van der Waals surface area contributed by atoms with Crippen LogP contribution in [0.4, 0.5) is 8.78 Å². The first-order chi connectivity index (χ1) is 16.0. The van der Waals surface area contributed by atoms with Gasteiger partial charge in [-0.05, 0) is 36.6 Å². The summed E-state index contributed by atoms with van der Waals surface area (Å²) in [5, 5.41) is 11.7. The Morgan fingerprint density at radius 3 is 2.64 bits per heavy atom. The van der Waals surface area contributed by atoms with E-state index in [-0.39, 0.29) is 29.6 Å². The van der Waals surface area contributed by atoms with Gasteiger partial charge in [0.25, 0.3) is 5.91 Å². The molecule has 1 fully saturated rings. The molecular weight excluding hydrogens is 424 g/mol. The number of halogens is 2. The maximum absolute atomic E-state index is 15.0. The molecule has 1 saturated carbocycles. The number of hydrogen-bond acceptors (Lipinski definition) is 3. The van der Waals surface area contributed by atoms with E-state index in [9.17, 15) is 13.6 Å². The van der Waals surface area contributed by atoms with Gasteiger partial charge in [0.15, 0.2) is 5.69 Å². The third-order valence-electron chi connectivity index (χ3n) is 6.29. The van der Waals surface area contributed by atoms with Crippen LogP contribution in [0.15, 0.2) is 48.8 Å². The van der Waals surface area contributed by atoms with Crippen molar-refractivity contribution in [1.29, 1.82) is 0 Å². The number of nitrogens with one attached hydrogen (secondary N) is 1. The van der Waals surface area contributed by atoms with E-state index in [1.807, 2.05) is 12.3 Å². The molecule has 1 N–H and O–H groups in total. The van der Waals surface area contributed by atoms with Gasteiger partial charge in [-0.15, -0.1) is 0 Å². The standard InChI is InChI=1S/C25H25F2N5O/c1-31-14-18(13-28-31)16-10-11-17(21(27)12-16)15-32-22-9-5-8-20(26)23(22)24(30-32)25(33)29-19-6-3-2-4-7-19/h5,8-14,19H,2-4,6-7,15H2,1H3,(H,29,33). The zero-order valence-electron chi connectivity index (χ0n) is 18.4. The minimum atomic E-state index is -0.514. The number of nitrogens with zero attached hydrogens (tertiary/aromatic N) is 4. The molecule has 5 rings (SSSR count). The lowest BCUT2D eigenvalue weighted by molar-refractivity contribution is 0.0923. The summed E-state index contributed by atoms with van der Waals surface area (Å²) < 4.78 is 32.9. The minimum absolute atomic E-state index is 0.0426. The Labute approximate surface area is 190 Å². The highest BCUT2D eigenvalue weighted by atomic mass is 19.1. The van der Waals surface area contributed by atoms with Crippen molar-refractivity contribution in [1.82, 2.24) is 24.9 Å². The van der Waals surface area contributed by atoms with E-state index >= 15 is 0 Å². The molecule has 8 heteroatoms. The second-order valence-electron chi connectivity index (χ2n) is 8.66. The van der Waals surface area contributed by atoms with E-state index in [4.69, 9.17) is 0 Å². The zero-order valence-corrected chi connectivity index (χ0v) is 18.4. The quantitative estimate of drug-likeness (QED) is 0.475. The van der Waals surface area contributed by atoms with Crippen LogP contribution in [0.3, 0.4) is 0 Å². The number of fused-ring (bicyclic) bond motifs is 1. The molecule has 0 saturated heterocycles. The van der Waals surface area contributed by atoms with Gasteiger partial charge in [0.1, 0.15) is 11.6 Å². The summed E-state index contributed by atoms with van der Waals surface area (Å²) in [5.41, 5.74) is 2.43. The normalized spacial score (nSPS) is 14.6. The number of carbonyl (C=O) groups is 1. The van der Waals surface area contributed by atoms with Crippen LogP contribution in [0.1, 0.15) is 48.2 Å². The molecule has 2 heterocycles. The fourth-order valence-corrected chi connectivity index (χ4v) is 4.55. The lowest BCUT2D eigenvalue weighted by Crippen LogP contribution is -2.36. The summed E-state index contributed by atoms with van der Waals surface area (Å²) in [6, 6.07) is 9.62. The van der Waals surface area contributed by atoms with Crippen molar-refractivity contribution < 1.29 is 13.6 Å². The molecule has 0 atom stereocenters. The summed E-state index contributed by atoms with van der Waals surface area (Å²) in [6.45, 7) is 0.0792. The summed E-state index contributed by atoms with van der Waals surface area (Å²) in [7, 11) is 1.80. The van der Waals surface area contributed by atoms with Crippen molar-refractivity contribution in [3.05, 3.63) is 71.7 Å². The smallest absolute Gasteiger partial charge is 0.272 e. The topological polar surface area (TPSA) is 64.7 Å². The third kappa shape index (κ3) is 4.25. The molecule has 0 aliphatic heterocycles. The van der Waals surface area contributed by atoms with Crippen LogP contribution in [0, 0.1) is 11.6 Å². The number of carbonyl (C=O) groups excluding carboxylic acids is 1. The second kappa shape index (κ2) is 8.77. The van der Waals surface area contributed by atoms with Gasteiger partial charge < -0.3 is 5.32 Å². The van der Waals surface area contributed by atoms with Crippen LogP contribution < -0.4 is 5.32 Å².